The zero-order chi connectivity index (χ0) is 14.5. The molecular formula is C16H21FN2O. The van der Waals surface area contributed by atoms with Gasteiger partial charge in [0.25, 0.3) is 0 Å². The molecule has 0 aliphatic carbocycles. The van der Waals surface area contributed by atoms with E-state index < -0.39 is 0 Å². The maximum absolute atomic E-state index is 13.7. The third-order valence-electron chi connectivity index (χ3n) is 3.51. The largest absolute Gasteiger partial charge is 0.494 e. The molecule has 0 radical (unpaired) electrons. The molecule has 2 rings (SSSR count). The molecule has 3 nitrogen and oxygen atoms in total. The number of rotatable bonds is 6. The van der Waals surface area contributed by atoms with Crippen LogP contribution >= 0.6 is 0 Å². The smallest absolute Gasteiger partial charge is 0.165 e. The first kappa shape index (κ1) is 14.6. The second kappa shape index (κ2) is 6.57. The number of benzene rings is 1. The van der Waals surface area contributed by atoms with Crippen molar-refractivity contribution in [2.24, 2.45) is 0 Å². The van der Waals surface area contributed by atoms with Crippen LogP contribution in [0.4, 0.5) is 4.39 Å². The highest BCUT2D eigenvalue weighted by atomic mass is 19.1. The summed E-state index contributed by atoms with van der Waals surface area (Å²) in [4.78, 5) is 0. The number of halogens is 1. The molecule has 4 heteroatoms. The SMILES string of the molecule is CCC(NC)c1ccn(Cc2ccc(OC)c(F)c2)c1. The molecule has 1 atom stereocenters. The van der Waals surface area contributed by atoms with E-state index in [-0.39, 0.29) is 11.6 Å². The minimum absolute atomic E-state index is 0.281. The van der Waals surface area contributed by atoms with Crippen molar-refractivity contribution in [3.05, 3.63) is 53.6 Å². The number of methoxy groups -OCH3 is 1. The highest BCUT2D eigenvalue weighted by Gasteiger charge is 2.09. The van der Waals surface area contributed by atoms with Crippen molar-refractivity contribution >= 4 is 0 Å². The van der Waals surface area contributed by atoms with Crippen LogP contribution in [0.3, 0.4) is 0 Å². The highest BCUT2D eigenvalue weighted by Crippen LogP contribution is 2.20. The van der Waals surface area contributed by atoms with Gasteiger partial charge < -0.3 is 14.6 Å². The molecule has 1 aromatic carbocycles. The third kappa shape index (κ3) is 3.20. The molecule has 1 N–H and O–H groups in total. The molecular weight excluding hydrogens is 255 g/mol. The summed E-state index contributed by atoms with van der Waals surface area (Å²) >= 11 is 0. The highest BCUT2D eigenvalue weighted by molar-refractivity contribution is 5.29. The Bertz CT molecular complexity index is 561. The van der Waals surface area contributed by atoms with Crippen LogP contribution in [0.2, 0.25) is 0 Å². The molecule has 0 aliphatic heterocycles. The lowest BCUT2D eigenvalue weighted by molar-refractivity contribution is 0.386. The first-order valence-corrected chi connectivity index (χ1v) is 6.83. The average molecular weight is 276 g/mol. The fraction of sp³-hybridized carbons (Fsp3) is 0.375. The van der Waals surface area contributed by atoms with E-state index in [4.69, 9.17) is 4.74 Å². The predicted octanol–water partition coefficient (Wildman–Crippen LogP) is 3.35. The number of hydrogen-bond donors (Lipinski definition) is 1. The Morgan fingerprint density at radius 1 is 1.35 bits per heavy atom. The summed E-state index contributed by atoms with van der Waals surface area (Å²) in [6.45, 7) is 2.80. The molecule has 0 saturated heterocycles. The second-order valence-electron chi connectivity index (χ2n) is 4.84. The molecule has 0 spiro atoms. The van der Waals surface area contributed by atoms with E-state index in [0.717, 1.165) is 12.0 Å². The third-order valence-corrected chi connectivity index (χ3v) is 3.51. The van der Waals surface area contributed by atoms with Gasteiger partial charge in [0.05, 0.1) is 7.11 Å². The van der Waals surface area contributed by atoms with Crippen LogP contribution in [-0.2, 0) is 6.54 Å². The lowest BCUT2D eigenvalue weighted by atomic mass is 10.1. The zero-order valence-electron chi connectivity index (χ0n) is 12.2. The first-order chi connectivity index (χ1) is 9.67. The summed E-state index contributed by atoms with van der Waals surface area (Å²) in [6, 6.07) is 7.54. The Labute approximate surface area is 119 Å². The van der Waals surface area contributed by atoms with Crippen LogP contribution in [0.25, 0.3) is 0 Å². The molecule has 0 amide bonds. The summed E-state index contributed by atoms with van der Waals surface area (Å²) in [5, 5.41) is 3.28. The minimum atomic E-state index is -0.320. The van der Waals surface area contributed by atoms with Crippen molar-refractivity contribution < 1.29 is 9.13 Å². The lowest BCUT2D eigenvalue weighted by Crippen LogP contribution is -2.14. The molecule has 0 fully saturated rings. The number of hydrogen-bond acceptors (Lipinski definition) is 2. The van der Waals surface area contributed by atoms with E-state index >= 15 is 0 Å². The predicted molar refractivity (Wildman–Crippen MR) is 78.6 cm³/mol. The number of nitrogens with one attached hydrogen (secondary N) is 1. The average Bonchev–Trinajstić information content (AvgIpc) is 2.89. The number of aromatic nitrogens is 1. The van der Waals surface area contributed by atoms with Crippen LogP contribution in [0.5, 0.6) is 5.75 Å². The molecule has 0 saturated carbocycles. The van der Waals surface area contributed by atoms with Crippen molar-refractivity contribution in [2.45, 2.75) is 25.9 Å². The summed E-state index contributed by atoms with van der Waals surface area (Å²) in [5.41, 5.74) is 2.17. The Kier molecular flexibility index (Phi) is 4.79. The van der Waals surface area contributed by atoms with Crippen molar-refractivity contribution in [3.8, 4) is 5.75 Å². The van der Waals surface area contributed by atoms with E-state index in [9.17, 15) is 4.39 Å². The molecule has 20 heavy (non-hydrogen) atoms. The van der Waals surface area contributed by atoms with E-state index in [0.29, 0.717) is 12.6 Å². The van der Waals surface area contributed by atoms with Gasteiger partial charge in [-0.1, -0.05) is 13.0 Å². The fourth-order valence-corrected chi connectivity index (χ4v) is 2.39. The fourth-order valence-electron chi connectivity index (χ4n) is 2.39. The molecule has 108 valence electrons. The summed E-state index contributed by atoms with van der Waals surface area (Å²) in [7, 11) is 3.43. The van der Waals surface area contributed by atoms with Gasteiger partial charge in [-0.05, 0) is 42.8 Å². The van der Waals surface area contributed by atoms with Crippen LogP contribution in [0.1, 0.15) is 30.5 Å². The Morgan fingerprint density at radius 3 is 2.75 bits per heavy atom. The van der Waals surface area contributed by atoms with Gasteiger partial charge in [-0.3, -0.25) is 0 Å². The van der Waals surface area contributed by atoms with Gasteiger partial charge in [-0.15, -0.1) is 0 Å². The monoisotopic (exact) mass is 276 g/mol. The number of nitrogens with zero attached hydrogens (tertiary/aromatic N) is 1. The Morgan fingerprint density at radius 2 is 2.15 bits per heavy atom. The van der Waals surface area contributed by atoms with Crippen LogP contribution in [0, 0.1) is 5.82 Å². The molecule has 1 unspecified atom stereocenters. The summed E-state index contributed by atoms with van der Waals surface area (Å²) in [6.07, 6.45) is 5.17. The van der Waals surface area contributed by atoms with Crippen molar-refractivity contribution in [3.63, 3.8) is 0 Å². The van der Waals surface area contributed by atoms with Gasteiger partial charge in [-0.25, -0.2) is 4.39 Å². The van der Waals surface area contributed by atoms with E-state index in [1.807, 2.05) is 19.3 Å². The maximum Gasteiger partial charge on any atom is 0.165 e. The van der Waals surface area contributed by atoms with E-state index in [1.165, 1.54) is 18.7 Å². The van der Waals surface area contributed by atoms with E-state index in [1.54, 1.807) is 6.07 Å². The normalized spacial score (nSPS) is 12.4. The molecule has 1 heterocycles. The lowest BCUT2D eigenvalue weighted by Gasteiger charge is -2.11. The van der Waals surface area contributed by atoms with E-state index in [2.05, 4.69) is 29.1 Å². The van der Waals surface area contributed by atoms with Gasteiger partial charge >= 0.3 is 0 Å². The topological polar surface area (TPSA) is 26.2 Å². The Hall–Kier alpha value is -1.81. The molecule has 2 aromatic rings. The quantitative estimate of drug-likeness (QED) is 0.875. The van der Waals surface area contributed by atoms with Gasteiger partial charge in [0.15, 0.2) is 11.6 Å². The minimum Gasteiger partial charge on any atom is -0.494 e. The first-order valence-electron chi connectivity index (χ1n) is 6.83. The molecule has 0 bridgehead atoms. The van der Waals surface area contributed by atoms with Gasteiger partial charge in [-0.2, -0.15) is 0 Å². The molecule has 0 aliphatic rings. The van der Waals surface area contributed by atoms with Crippen LogP contribution in [0.15, 0.2) is 36.7 Å². The van der Waals surface area contributed by atoms with Crippen LogP contribution < -0.4 is 10.1 Å². The number of ether oxygens (including phenoxy) is 1. The second-order valence-corrected chi connectivity index (χ2v) is 4.84. The standard InChI is InChI=1S/C16H21FN2O/c1-4-15(18-2)13-7-8-19(11-13)10-12-5-6-16(20-3)14(17)9-12/h5-9,11,15,18H,4,10H2,1-3H3. The van der Waals surface area contributed by atoms with Gasteiger partial charge in [0.1, 0.15) is 0 Å². The zero-order valence-corrected chi connectivity index (χ0v) is 12.2. The molecule has 1 aromatic heterocycles. The summed E-state index contributed by atoms with van der Waals surface area (Å²) < 4.78 is 20.6. The van der Waals surface area contributed by atoms with Crippen molar-refractivity contribution in [1.82, 2.24) is 9.88 Å². The maximum atomic E-state index is 13.7. The Balaban J connectivity index is 2.12. The van der Waals surface area contributed by atoms with Crippen molar-refractivity contribution in [2.75, 3.05) is 14.2 Å². The van der Waals surface area contributed by atoms with Gasteiger partial charge in [0.2, 0.25) is 0 Å². The summed E-state index contributed by atoms with van der Waals surface area (Å²) in [5.74, 6) is -0.0396. The van der Waals surface area contributed by atoms with Crippen LogP contribution in [-0.4, -0.2) is 18.7 Å². The van der Waals surface area contributed by atoms with Gasteiger partial charge in [0, 0.05) is 25.0 Å². The van der Waals surface area contributed by atoms with Crippen molar-refractivity contribution in [1.29, 1.82) is 0 Å².